The molecule has 3 rings (SSSR count). The third kappa shape index (κ3) is 8.54. The number of hydroxylamine groups is 2. The molecule has 188 valence electrons. The largest absolute Gasteiger partial charge is 0.460 e. The summed E-state index contributed by atoms with van der Waals surface area (Å²) in [6.45, 7) is 12.1. The Balaban J connectivity index is 1.27. The molecule has 9 heteroatoms. The zero-order chi connectivity index (χ0) is 23.8. The summed E-state index contributed by atoms with van der Waals surface area (Å²) in [5.74, 6) is 0.370. The molecular weight excluding hydrogens is 424 g/mol. The average molecular weight is 467 g/mol. The molecule has 3 aliphatic rings. The zero-order valence-electron chi connectivity index (χ0n) is 20.7. The van der Waals surface area contributed by atoms with Gasteiger partial charge in [0.1, 0.15) is 5.60 Å². The zero-order valence-corrected chi connectivity index (χ0v) is 20.7. The van der Waals surface area contributed by atoms with Crippen molar-refractivity contribution in [2.45, 2.75) is 71.3 Å². The molecular formula is C24H42N4O5. The van der Waals surface area contributed by atoms with Crippen LogP contribution in [-0.4, -0.2) is 96.3 Å². The van der Waals surface area contributed by atoms with Gasteiger partial charge in [0.25, 0.3) is 0 Å². The summed E-state index contributed by atoms with van der Waals surface area (Å²) in [4.78, 5) is 42.7. The van der Waals surface area contributed by atoms with E-state index in [1.807, 2.05) is 25.7 Å². The molecule has 3 heterocycles. The molecule has 3 aliphatic heterocycles. The number of hydrogen-bond acceptors (Lipinski definition) is 8. The van der Waals surface area contributed by atoms with Gasteiger partial charge in [-0.05, 0) is 65.2 Å². The van der Waals surface area contributed by atoms with Crippen LogP contribution in [0.5, 0.6) is 0 Å². The summed E-state index contributed by atoms with van der Waals surface area (Å²) >= 11 is 0. The number of nitrogens with zero attached hydrogens (tertiary/aromatic N) is 4. The molecule has 3 saturated heterocycles. The van der Waals surface area contributed by atoms with Crippen molar-refractivity contribution in [1.29, 1.82) is 0 Å². The number of rotatable bonds is 8. The number of amides is 1. The summed E-state index contributed by atoms with van der Waals surface area (Å²) in [6.07, 6.45) is 6.95. The van der Waals surface area contributed by atoms with Crippen LogP contribution in [-0.2, 0) is 24.0 Å². The minimum absolute atomic E-state index is 0.0136. The highest BCUT2D eigenvalue weighted by atomic mass is 16.7. The Bertz CT molecular complexity index is 644. The predicted molar refractivity (Wildman–Crippen MR) is 124 cm³/mol. The van der Waals surface area contributed by atoms with Crippen molar-refractivity contribution in [3.05, 3.63) is 0 Å². The Morgan fingerprint density at radius 1 is 0.879 bits per heavy atom. The molecule has 0 saturated carbocycles. The average Bonchev–Trinajstić information content (AvgIpc) is 2.79. The van der Waals surface area contributed by atoms with Crippen LogP contribution in [0.1, 0.15) is 65.7 Å². The summed E-state index contributed by atoms with van der Waals surface area (Å²) in [7, 11) is 0. The van der Waals surface area contributed by atoms with E-state index in [0.717, 1.165) is 84.2 Å². The lowest BCUT2D eigenvalue weighted by Crippen LogP contribution is -2.56. The van der Waals surface area contributed by atoms with Gasteiger partial charge in [-0.25, -0.2) is 10.0 Å². The van der Waals surface area contributed by atoms with E-state index < -0.39 is 5.60 Å². The van der Waals surface area contributed by atoms with Crippen LogP contribution >= 0.6 is 0 Å². The van der Waals surface area contributed by atoms with E-state index in [-0.39, 0.29) is 17.9 Å². The molecule has 0 bridgehead atoms. The van der Waals surface area contributed by atoms with Gasteiger partial charge in [0.15, 0.2) is 0 Å². The number of piperidine rings is 2. The molecule has 0 aromatic carbocycles. The first-order valence-electron chi connectivity index (χ1n) is 12.6. The van der Waals surface area contributed by atoms with Crippen LogP contribution < -0.4 is 0 Å². The van der Waals surface area contributed by atoms with Crippen LogP contribution in [0.25, 0.3) is 0 Å². The minimum Gasteiger partial charge on any atom is -0.460 e. The fourth-order valence-corrected chi connectivity index (χ4v) is 4.89. The molecule has 0 aromatic heterocycles. The number of hydrazine groups is 1. The summed E-state index contributed by atoms with van der Waals surface area (Å²) in [6, 6.07) is 0. The van der Waals surface area contributed by atoms with Crippen molar-refractivity contribution < 1.29 is 24.0 Å². The van der Waals surface area contributed by atoms with E-state index in [2.05, 4.69) is 10.0 Å². The first kappa shape index (κ1) is 25.9. The molecule has 0 aromatic rings. The van der Waals surface area contributed by atoms with Gasteiger partial charge in [-0.15, -0.1) is 5.06 Å². The summed E-state index contributed by atoms with van der Waals surface area (Å²) < 4.78 is 5.54. The Morgan fingerprint density at radius 2 is 1.48 bits per heavy atom. The van der Waals surface area contributed by atoms with Gasteiger partial charge < -0.3 is 14.5 Å². The third-order valence-electron chi connectivity index (χ3n) is 6.85. The Labute approximate surface area is 198 Å². The van der Waals surface area contributed by atoms with Crippen LogP contribution in [0, 0.1) is 11.8 Å². The maximum atomic E-state index is 12.3. The van der Waals surface area contributed by atoms with Gasteiger partial charge in [0, 0.05) is 58.8 Å². The molecule has 0 spiro atoms. The molecule has 3 fully saturated rings. The lowest BCUT2D eigenvalue weighted by Gasteiger charge is -2.43. The quantitative estimate of drug-likeness (QED) is 0.397. The number of esters is 1. The van der Waals surface area contributed by atoms with E-state index in [1.54, 1.807) is 5.06 Å². The van der Waals surface area contributed by atoms with Gasteiger partial charge in [-0.2, -0.15) is 0 Å². The van der Waals surface area contributed by atoms with Crippen molar-refractivity contribution in [2.75, 3.05) is 52.4 Å². The monoisotopic (exact) mass is 466 g/mol. The number of piperazine rings is 1. The Hall–Kier alpha value is -1.71. The molecule has 0 atom stereocenters. The number of hydrogen-bond donors (Lipinski definition) is 0. The third-order valence-corrected chi connectivity index (χ3v) is 6.85. The predicted octanol–water partition coefficient (Wildman–Crippen LogP) is 2.07. The minimum atomic E-state index is -0.434. The lowest BCUT2D eigenvalue weighted by atomic mass is 9.92. The van der Waals surface area contributed by atoms with Crippen molar-refractivity contribution >= 4 is 18.3 Å². The van der Waals surface area contributed by atoms with Gasteiger partial charge in [0.05, 0.1) is 5.92 Å². The topological polar surface area (TPSA) is 82.6 Å². The lowest BCUT2D eigenvalue weighted by molar-refractivity contribution is -0.208. The van der Waals surface area contributed by atoms with E-state index in [9.17, 15) is 14.4 Å². The molecule has 0 aliphatic carbocycles. The second-order valence-corrected chi connectivity index (χ2v) is 10.6. The maximum absolute atomic E-state index is 12.3. The van der Waals surface area contributed by atoms with Crippen LogP contribution in [0.3, 0.4) is 0 Å². The van der Waals surface area contributed by atoms with E-state index >= 15 is 0 Å². The Kier molecular flexibility index (Phi) is 9.52. The number of likely N-dealkylation sites (tertiary alicyclic amines) is 1. The Morgan fingerprint density at radius 3 is 2.06 bits per heavy atom. The van der Waals surface area contributed by atoms with E-state index in [0.29, 0.717) is 25.4 Å². The standard InChI is InChI=1S/C24H42N4O5/c1-24(2,3)32-23(31)21-9-13-26(14-10-21)27-15-17-28(18-16-27)33-22(30)6-4-5-20-7-11-25(19-29)12-8-20/h19-21H,4-18H2,1-3H3. The van der Waals surface area contributed by atoms with Crippen LogP contribution in [0.15, 0.2) is 0 Å². The maximum Gasteiger partial charge on any atom is 0.325 e. The molecule has 1 amide bonds. The van der Waals surface area contributed by atoms with Crippen molar-refractivity contribution in [2.24, 2.45) is 11.8 Å². The van der Waals surface area contributed by atoms with Gasteiger partial charge in [-0.1, -0.05) is 0 Å². The highest BCUT2D eigenvalue weighted by Gasteiger charge is 2.32. The highest BCUT2D eigenvalue weighted by Crippen LogP contribution is 2.24. The first-order chi connectivity index (χ1) is 15.7. The van der Waals surface area contributed by atoms with Gasteiger partial charge in [0.2, 0.25) is 6.41 Å². The van der Waals surface area contributed by atoms with Gasteiger partial charge in [-0.3, -0.25) is 14.4 Å². The summed E-state index contributed by atoms with van der Waals surface area (Å²) in [5, 5.41) is 6.44. The molecule has 9 nitrogen and oxygen atoms in total. The fourth-order valence-electron chi connectivity index (χ4n) is 4.89. The molecule has 33 heavy (non-hydrogen) atoms. The molecule has 0 radical (unpaired) electrons. The van der Waals surface area contributed by atoms with Crippen molar-refractivity contribution in [3.63, 3.8) is 0 Å². The smallest absolute Gasteiger partial charge is 0.325 e. The number of ether oxygens (including phenoxy) is 1. The second-order valence-electron chi connectivity index (χ2n) is 10.6. The van der Waals surface area contributed by atoms with Crippen molar-refractivity contribution in [3.8, 4) is 0 Å². The second kappa shape index (κ2) is 12.1. The normalized spacial score (nSPS) is 22.8. The number of carbonyl (C=O) groups is 3. The molecule has 0 unspecified atom stereocenters. The fraction of sp³-hybridized carbons (Fsp3) is 0.875. The van der Waals surface area contributed by atoms with E-state index in [1.165, 1.54) is 0 Å². The van der Waals surface area contributed by atoms with Gasteiger partial charge >= 0.3 is 11.9 Å². The SMILES string of the molecule is CC(C)(C)OC(=O)C1CCN(N2CCN(OC(=O)CCCC3CCN(C=O)CC3)CC2)CC1. The summed E-state index contributed by atoms with van der Waals surface area (Å²) in [5.41, 5.74) is -0.434. The van der Waals surface area contributed by atoms with Crippen LogP contribution in [0.4, 0.5) is 0 Å². The molecule has 0 N–H and O–H groups in total. The number of carbonyl (C=O) groups excluding carboxylic acids is 3. The van der Waals surface area contributed by atoms with E-state index in [4.69, 9.17) is 9.57 Å². The van der Waals surface area contributed by atoms with Crippen molar-refractivity contribution in [1.82, 2.24) is 20.0 Å². The first-order valence-corrected chi connectivity index (χ1v) is 12.6. The highest BCUT2D eigenvalue weighted by molar-refractivity contribution is 5.73. The van der Waals surface area contributed by atoms with Crippen LogP contribution in [0.2, 0.25) is 0 Å².